The van der Waals surface area contributed by atoms with Crippen LogP contribution in [0.25, 0.3) is 0 Å². The van der Waals surface area contributed by atoms with Crippen molar-refractivity contribution >= 4 is 27.3 Å². The van der Waals surface area contributed by atoms with Crippen molar-refractivity contribution in [2.75, 3.05) is 0 Å². The zero-order valence-electron chi connectivity index (χ0n) is 6.80. The standard InChI is InChI=1S/C9H10BrNS/c1-2-3-4-8(11)9-7(10)5-6-12-9/h5-6,8H,4,11H2,1H3. The summed E-state index contributed by atoms with van der Waals surface area (Å²) in [6, 6.07) is 2.06. The van der Waals surface area contributed by atoms with Gasteiger partial charge in [-0.05, 0) is 34.3 Å². The molecule has 1 aromatic heterocycles. The van der Waals surface area contributed by atoms with Crippen LogP contribution in [-0.4, -0.2) is 0 Å². The van der Waals surface area contributed by atoms with Gasteiger partial charge in [0.25, 0.3) is 0 Å². The molecule has 0 saturated carbocycles. The zero-order chi connectivity index (χ0) is 8.97. The molecule has 3 heteroatoms. The molecule has 0 saturated heterocycles. The highest BCUT2D eigenvalue weighted by Crippen LogP contribution is 2.28. The SMILES string of the molecule is CC#CCC(N)c1sccc1Br. The molecule has 0 fully saturated rings. The minimum absolute atomic E-state index is 0.0480. The third kappa shape index (κ3) is 2.34. The van der Waals surface area contributed by atoms with Crippen LogP contribution in [0.5, 0.6) is 0 Å². The number of nitrogens with two attached hydrogens (primary N) is 1. The Balaban J connectivity index is 2.68. The fourth-order valence-electron chi connectivity index (χ4n) is 0.875. The zero-order valence-corrected chi connectivity index (χ0v) is 9.21. The molecule has 1 heterocycles. The van der Waals surface area contributed by atoms with E-state index in [4.69, 9.17) is 5.73 Å². The van der Waals surface area contributed by atoms with Crippen molar-refractivity contribution in [3.8, 4) is 11.8 Å². The third-order valence-corrected chi connectivity index (χ3v) is 3.48. The van der Waals surface area contributed by atoms with E-state index in [1.54, 1.807) is 11.3 Å². The van der Waals surface area contributed by atoms with Gasteiger partial charge in [-0.25, -0.2) is 0 Å². The van der Waals surface area contributed by atoms with Crippen molar-refractivity contribution in [1.29, 1.82) is 0 Å². The lowest BCUT2D eigenvalue weighted by Gasteiger charge is -2.04. The van der Waals surface area contributed by atoms with Crippen molar-refractivity contribution in [1.82, 2.24) is 0 Å². The van der Waals surface area contributed by atoms with Crippen molar-refractivity contribution in [2.24, 2.45) is 5.73 Å². The van der Waals surface area contributed by atoms with E-state index in [1.165, 1.54) is 4.88 Å². The quantitative estimate of drug-likeness (QED) is 0.795. The van der Waals surface area contributed by atoms with Crippen LogP contribution >= 0.6 is 27.3 Å². The molecule has 0 aliphatic rings. The van der Waals surface area contributed by atoms with Crippen molar-refractivity contribution in [2.45, 2.75) is 19.4 Å². The van der Waals surface area contributed by atoms with Gasteiger partial charge in [0, 0.05) is 15.8 Å². The van der Waals surface area contributed by atoms with Crippen molar-refractivity contribution < 1.29 is 0 Å². The van der Waals surface area contributed by atoms with Gasteiger partial charge in [-0.2, -0.15) is 0 Å². The van der Waals surface area contributed by atoms with Crippen LogP contribution in [0, 0.1) is 11.8 Å². The van der Waals surface area contributed by atoms with E-state index in [0.29, 0.717) is 0 Å². The van der Waals surface area contributed by atoms with Gasteiger partial charge in [0.1, 0.15) is 0 Å². The Bertz CT molecular complexity index is 308. The fraction of sp³-hybridized carbons (Fsp3) is 0.333. The highest BCUT2D eigenvalue weighted by molar-refractivity contribution is 9.10. The molecule has 0 aliphatic heterocycles. The second-order valence-electron chi connectivity index (χ2n) is 2.37. The minimum Gasteiger partial charge on any atom is -0.322 e. The van der Waals surface area contributed by atoms with Crippen LogP contribution in [0.1, 0.15) is 24.3 Å². The van der Waals surface area contributed by atoms with E-state index in [2.05, 4.69) is 27.8 Å². The summed E-state index contributed by atoms with van der Waals surface area (Å²) >= 11 is 5.11. The number of hydrogen-bond acceptors (Lipinski definition) is 2. The molecule has 0 bridgehead atoms. The molecule has 1 nitrogen and oxygen atoms in total. The summed E-state index contributed by atoms with van der Waals surface area (Å²) in [6.07, 6.45) is 0.732. The van der Waals surface area contributed by atoms with E-state index < -0.39 is 0 Å². The molecular formula is C9H10BrNS. The smallest absolute Gasteiger partial charge is 0.0512 e. The lowest BCUT2D eigenvalue weighted by atomic mass is 10.2. The maximum Gasteiger partial charge on any atom is 0.0512 e. The average Bonchev–Trinajstić information content (AvgIpc) is 2.47. The summed E-state index contributed by atoms with van der Waals surface area (Å²) in [6.45, 7) is 1.83. The van der Waals surface area contributed by atoms with Gasteiger partial charge in [-0.1, -0.05) is 0 Å². The summed E-state index contributed by atoms with van der Waals surface area (Å²) in [4.78, 5) is 1.18. The van der Waals surface area contributed by atoms with Crippen LogP contribution in [-0.2, 0) is 0 Å². The molecule has 1 unspecified atom stereocenters. The first-order valence-electron chi connectivity index (χ1n) is 3.63. The van der Waals surface area contributed by atoms with Gasteiger partial charge < -0.3 is 5.73 Å². The third-order valence-electron chi connectivity index (χ3n) is 1.48. The molecule has 0 radical (unpaired) electrons. The van der Waals surface area contributed by atoms with Crippen molar-refractivity contribution in [3.05, 3.63) is 20.8 Å². The number of thiophene rings is 1. The molecule has 12 heavy (non-hydrogen) atoms. The normalized spacial score (nSPS) is 11.9. The van der Waals surface area contributed by atoms with Crippen LogP contribution in [0.15, 0.2) is 15.9 Å². The molecule has 64 valence electrons. The van der Waals surface area contributed by atoms with E-state index in [9.17, 15) is 0 Å². The van der Waals surface area contributed by atoms with Gasteiger partial charge in [0.15, 0.2) is 0 Å². The Hall–Kier alpha value is -0.300. The summed E-state index contributed by atoms with van der Waals surface area (Å²) in [5.74, 6) is 5.81. The van der Waals surface area contributed by atoms with Crippen LogP contribution in [0.4, 0.5) is 0 Å². The van der Waals surface area contributed by atoms with Crippen LogP contribution in [0.3, 0.4) is 0 Å². The molecule has 0 spiro atoms. The first kappa shape index (κ1) is 9.79. The summed E-state index contributed by atoms with van der Waals surface area (Å²) in [5.41, 5.74) is 5.90. The maximum absolute atomic E-state index is 5.90. The second kappa shape index (κ2) is 4.66. The largest absolute Gasteiger partial charge is 0.322 e. The van der Waals surface area contributed by atoms with E-state index in [-0.39, 0.29) is 6.04 Å². The number of halogens is 1. The molecule has 0 aliphatic carbocycles. The van der Waals surface area contributed by atoms with Crippen LogP contribution in [0.2, 0.25) is 0 Å². The predicted molar refractivity (Wildman–Crippen MR) is 57.0 cm³/mol. The van der Waals surface area contributed by atoms with Gasteiger partial charge in [-0.15, -0.1) is 23.2 Å². The second-order valence-corrected chi connectivity index (χ2v) is 4.17. The summed E-state index contributed by atoms with van der Waals surface area (Å²) < 4.78 is 1.10. The summed E-state index contributed by atoms with van der Waals surface area (Å²) in [5, 5.41) is 2.03. The maximum atomic E-state index is 5.90. The highest BCUT2D eigenvalue weighted by Gasteiger charge is 2.09. The highest BCUT2D eigenvalue weighted by atomic mass is 79.9. The van der Waals surface area contributed by atoms with E-state index >= 15 is 0 Å². The lowest BCUT2D eigenvalue weighted by Crippen LogP contribution is -2.07. The fourth-order valence-corrected chi connectivity index (χ4v) is 2.55. The monoisotopic (exact) mass is 243 g/mol. The molecule has 1 atom stereocenters. The van der Waals surface area contributed by atoms with Crippen molar-refractivity contribution in [3.63, 3.8) is 0 Å². The first-order valence-corrected chi connectivity index (χ1v) is 5.31. The average molecular weight is 244 g/mol. The van der Waals surface area contributed by atoms with E-state index in [1.807, 2.05) is 18.4 Å². The Morgan fingerprint density at radius 2 is 2.50 bits per heavy atom. The minimum atomic E-state index is 0.0480. The topological polar surface area (TPSA) is 26.0 Å². The van der Waals surface area contributed by atoms with Gasteiger partial charge in [0.2, 0.25) is 0 Å². The van der Waals surface area contributed by atoms with Gasteiger partial charge >= 0.3 is 0 Å². The molecule has 1 rings (SSSR count). The van der Waals surface area contributed by atoms with Gasteiger partial charge in [-0.3, -0.25) is 0 Å². The number of rotatable bonds is 2. The summed E-state index contributed by atoms with van der Waals surface area (Å²) in [7, 11) is 0. The molecular weight excluding hydrogens is 234 g/mol. The lowest BCUT2D eigenvalue weighted by molar-refractivity contribution is 0.767. The molecule has 2 N–H and O–H groups in total. The van der Waals surface area contributed by atoms with Crippen LogP contribution < -0.4 is 5.73 Å². The predicted octanol–water partition coefficient (Wildman–Crippen LogP) is 2.92. The molecule has 1 aromatic rings. The Labute approximate surface area is 85.1 Å². The van der Waals surface area contributed by atoms with Gasteiger partial charge in [0.05, 0.1) is 6.04 Å². The first-order chi connectivity index (χ1) is 5.75. The van der Waals surface area contributed by atoms with E-state index in [0.717, 1.165) is 10.9 Å². The number of hydrogen-bond donors (Lipinski definition) is 1. The Kier molecular flexibility index (Phi) is 3.80. The molecule has 0 aromatic carbocycles. The Morgan fingerprint density at radius 3 is 3.00 bits per heavy atom. The Morgan fingerprint density at radius 1 is 1.75 bits per heavy atom. The molecule has 0 amide bonds.